The van der Waals surface area contributed by atoms with E-state index >= 15 is 0 Å². The zero-order chi connectivity index (χ0) is 23.7. The van der Waals surface area contributed by atoms with E-state index in [2.05, 4.69) is 17.2 Å². The molecular formula is C27H28ClFN4O. The van der Waals surface area contributed by atoms with E-state index in [1.807, 2.05) is 37.0 Å². The van der Waals surface area contributed by atoms with E-state index in [1.165, 1.54) is 30.5 Å². The van der Waals surface area contributed by atoms with E-state index in [9.17, 15) is 4.39 Å². The van der Waals surface area contributed by atoms with E-state index in [-0.39, 0.29) is 5.82 Å². The van der Waals surface area contributed by atoms with Crippen LogP contribution in [-0.4, -0.2) is 33.0 Å². The van der Waals surface area contributed by atoms with E-state index in [0.717, 1.165) is 65.6 Å². The molecule has 0 radical (unpaired) electrons. The van der Waals surface area contributed by atoms with Gasteiger partial charge in [0.05, 0.1) is 33.5 Å². The molecule has 6 rings (SSSR count). The maximum absolute atomic E-state index is 13.5. The Kier molecular flexibility index (Phi) is 6.61. The summed E-state index contributed by atoms with van der Waals surface area (Å²) in [6.07, 6.45) is 8.47. The fourth-order valence-electron chi connectivity index (χ4n) is 4.37. The van der Waals surface area contributed by atoms with Crippen molar-refractivity contribution >= 4 is 22.6 Å². The number of benzene rings is 2. The van der Waals surface area contributed by atoms with Crippen molar-refractivity contribution in [3.63, 3.8) is 0 Å². The molecule has 2 fully saturated rings. The average Bonchev–Trinajstić information content (AvgIpc) is 3.54. The summed E-state index contributed by atoms with van der Waals surface area (Å²) in [4.78, 5) is 9.51. The van der Waals surface area contributed by atoms with E-state index < -0.39 is 0 Å². The van der Waals surface area contributed by atoms with Gasteiger partial charge >= 0.3 is 0 Å². The second kappa shape index (κ2) is 9.80. The number of fused-ring (bicyclic) bond motifs is 1. The predicted octanol–water partition coefficient (Wildman–Crippen LogP) is 6.82. The van der Waals surface area contributed by atoms with Crippen LogP contribution in [0.4, 0.5) is 4.39 Å². The molecule has 7 heteroatoms. The van der Waals surface area contributed by atoms with Gasteiger partial charge in [-0.3, -0.25) is 4.68 Å². The quantitative estimate of drug-likeness (QED) is 0.324. The lowest BCUT2D eigenvalue weighted by atomic mass is 9.88. The van der Waals surface area contributed by atoms with Gasteiger partial charge in [-0.1, -0.05) is 11.6 Å². The fraction of sp³-hybridized carbons (Fsp3) is 0.370. The van der Waals surface area contributed by atoms with Gasteiger partial charge in [0.1, 0.15) is 5.82 Å². The monoisotopic (exact) mass is 478 g/mol. The van der Waals surface area contributed by atoms with E-state index in [1.54, 1.807) is 6.07 Å². The number of hydrogen-bond acceptors (Lipinski definition) is 4. The van der Waals surface area contributed by atoms with Crippen molar-refractivity contribution < 1.29 is 9.13 Å². The lowest BCUT2D eigenvalue weighted by molar-refractivity contribution is 0.0853. The van der Waals surface area contributed by atoms with Crippen LogP contribution in [0, 0.1) is 19.7 Å². The molecule has 0 N–H and O–H groups in total. The number of hydrogen-bond donors (Lipinski definition) is 0. The minimum absolute atomic E-state index is 0.346. The molecule has 0 unspecified atom stereocenters. The Morgan fingerprint density at radius 2 is 1.74 bits per heavy atom. The van der Waals surface area contributed by atoms with Crippen LogP contribution in [0.2, 0.25) is 5.02 Å². The molecular weight excluding hydrogens is 451 g/mol. The number of aryl methyl sites for hydroxylation is 2. The molecule has 0 amide bonds. The third kappa shape index (κ3) is 4.98. The normalized spacial score (nSPS) is 16.4. The summed E-state index contributed by atoms with van der Waals surface area (Å²) < 4.78 is 21.1. The zero-order valence-corrected chi connectivity index (χ0v) is 20.2. The molecule has 0 spiro atoms. The van der Waals surface area contributed by atoms with Gasteiger partial charge in [0.2, 0.25) is 0 Å². The third-order valence-electron chi connectivity index (χ3n) is 6.56. The van der Waals surface area contributed by atoms with Crippen LogP contribution < -0.4 is 0 Å². The Labute approximate surface area is 203 Å². The van der Waals surface area contributed by atoms with Gasteiger partial charge in [0.25, 0.3) is 0 Å². The minimum Gasteiger partial charge on any atom is -0.381 e. The second-order valence-electron chi connectivity index (χ2n) is 9.06. The SMILES string of the molecule is Cc1nc2cc(C3CCOCC3)cc(-c3ccc(F)cc3Cl)c2nc1C.c1cnn(C2CC2)c1. The first-order valence-corrected chi connectivity index (χ1v) is 12.2. The van der Waals surface area contributed by atoms with Gasteiger partial charge in [-0.25, -0.2) is 14.4 Å². The highest BCUT2D eigenvalue weighted by Gasteiger charge is 2.23. The van der Waals surface area contributed by atoms with Crippen molar-refractivity contribution in [2.75, 3.05) is 13.2 Å². The Bertz CT molecular complexity index is 1300. The predicted molar refractivity (Wildman–Crippen MR) is 133 cm³/mol. The molecule has 1 saturated heterocycles. The first-order chi connectivity index (χ1) is 16.5. The number of rotatable bonds is 3. The van der Waals surface area contributed by atoms with Crippen molar-refractivity contribution in [3.8, 4) is 11.1 Å². The Morgan fingerprint density at radius 1 is 0.971 bits per heavy atom. The molecule has 1 aliphatic carbocycles. The van der Waals surface area contributed by atoms with Crippen LogP contribution in [0.1, 0.15) is 54.6 Å². The Hall–Kier alpha value is -2.83. The van der Waals surface area contributed by atoms with Crippen molar-refractivity contribution in [1.82, 2.24) is 19.7 Å². The van der Waals surface area contributed by atoms with Crippen LogP contribution in [0.15, 0.2) is 48.8 Å². The van der Waals surface area contributed by atoms with Crippen LogP contribution >= 0.6 is 11.6 Å². The highest BCUT2D eigenvalue weighted by molar-refractivity contribution is 6.33. The number of halogens is 2. The summed E-state index contributed by atoms with van der Waals surface area (Å²) in [5.41, 5.74) is 6.36. The van der Waals surface area contributed by atoms with Crippen molar-refractivity contribution in [3.05, 3.63) is 76.6 Å². The summed E-state index contributed by atoms with van der Waals surface area (Å²) in [7, 11) is 0. The molecule has 0 bridgehead atoms. The summed E-state index contributed by atoms with van der Waals surface area (Å²) in [6.45, 7) is 5.46. The lowest BCUT2D eigenvalue weighted by Gasteiger charge is -2.23. The topological polar surface area (TPSA) is 52.8 Å². The van der Waals surface area contributed by atoms with Gasteiger partial charge in [-0.15, -0.1) is 0 Å². The maximum atomic E-state index is 13.5. The molecule has 0 atom stereocenters. The van der Waals surface area contributed by atoms with Crippen molar-refractivity contribution in [1.29, 1.82) is 0 Å². The van der Waals surface area contributed by atoms with Crippen LogP contribution in [-0.2, 0) is 4.74 Å². The van der Waals surface area contributed by atoms with Crippen LogP contribution in [0.3, 0.4) is 0 Å². The molecule has 3 heterocycles. The highest BCUT2D eigenvalue weighted by atomic mass is 35.5. The molecule has 1 aliphatic heterocycles. The highest BCUT2D eigenvalue weighted by Crippen LogP contribution is 2.37. The molecule has 2 aromatic carbocycles. The number of aromatic nitrogens is 4. The third-order valence-corrected chi connectivity index (χ3v) is 6.88. The molecule has 5 nitrogen and oxygen atoms in total. The second-order valence-corrected chi connectivity index (χ2v) is 9.47. The molecule has 1 saturated carbocycles. The summed E-state index contributed by atoms with van der Waals surface area (Å²) in [6, 6.07) is 11.5. The molecule has 4 aromatic rings. The van der Waals surface area contributed by atoms with E-state index in [4.69, 9.17) is 26.3 Å². The Morgan fingerprint density at radius 3 is 2.41 bits per heavy atom. The first-order valence-electron chi connectivity index (χ1n) is 11.8. The van der Waals surface area contributed by atoms with Crippen molar-refractivity contribution in [2.45, 2.75) is 51.5 Å². The van der Waals surface area contributed by atoms with Crippen molar-refractivity contribution in [2.24, 2.45) is 0 Å². The zero-order valence-electron chi connectivity index (χ0n) is 19.5. The number of nitrogens with zero attached hydrogens (tertiary/aromatic N) is 4. The number of ether oxygens (including phenoxy) is 1. The van der Waals surface area contributed by atoms with E-state index in [0.29, 0.717) is 10.9 Å². The average molecular weight is 479 g/mol. The van der Waals surface area contributed by atoms with Crippen LogP contribution in [0.5, 0.6) is 0 Å². The van der Waals surface area contributed by atoms with Gasteiger partial charge < -0.3 is 4.74 Å². The summed E-state index contributed by atoms with van der Waals surface area (Å²) in [5, 5.41) is 4.48. The minimum atomic E-state index is -0.346. The summed E-state index contributed by atoms with van der Waals surface area (Å²) in [5.74, 6) is 0.0799. The standard InChI is InChI=1S/C21H20ClFN2O.C6H8N2/c1-12-13(2)25-21-18(17-4-3-16(23)11-19(17)22)9-15(10-20(21)24-12)14-5-7-26-8-6-14;1-4-7-8(5-1)6-2-3-6/h3-4,9-11,14H,5-8H2,1-2H3;1,4-6H,2-3H2. The Balaban J connectivity index is 0.000000252. The molecule has 176 valence electrons. The summed E-state index contributed by atoms with van der Waals surface area (Å²) >= 11 is 6.37. The van der Waals surface area contributed by atoms with Gasteiger partial charge in [-0.2, -0.15) is 5.10 Å². The van der Waals surface area contributed by atoms with Crippen LogP contribution in [0.25, 0.3) is 22.2 Å². The first kappa shape index (κ1) is 22.9. The molecule has 2 aromatic heterocycles. The van der Waals surface area contributed by atoms with Gasteiger partial charge in [0.15, 0.2) is 0 Å². The van der Waals surface area contributed by atoms with Gasteiger partial charge in [0, 0.05) is 36.7 Å². The largest absolute Gasteiger partial charge is 0.381 e. The lowest BCUT2D eigenvalue weighted by Crippen LogP contribution is -2.14. The maximum Gasteiger partial charge on any atom is 0.124 e. The van der Waals surface area contributed by atoms with Gasteiger partial charge in [-0.05, 0) is 87.4 Å². The molecule has 2 aliphatic rings. The smallest absolute Gasteiger partial charge is 0.124 e. The fourth-order valence-corrected chi connectivity index (χ4v) is 4.64. The molecule has 34 heavy (non-hydrogen) atoms.